The first-order valence-electron chi connectivity index (χ1n) is 14.5. The van der Waals surface area contributed by atoms with Crippen molar-refractivity contribution in [1.29, 1.82) is 0 Å². The van der Waals surface area contributed by atoms with Crippen molar-refractivity contribution in [2.75, 3.05) is 12.5 Å². The zero-order chi connectivity index (χ0) is 31.4. The van der Waals surface area contributed by atoms with Gasteiger partial charge in [-0.1, -0.05) is 60.7 Å². The molecule has 5 N–H and O–H groups in total. The Balaban J connectivity index is 1.32. The number of phenolic OH excluding ortho intramolecular Hbond substituents is 1. The molecule has 3 aromatic rings. The van der Waals surface area contributed by atoms with Crippen LogP contribution in [0.2, 0.25) is 0 Å². The molecule has 1 heterocycles. The number of aliphatic hydroxyl groups is 2. The number of benzene rings is 3. The fourth-order valence-corrected chi connectivity index (χ4v) is 6.96. The number of phenols is 1. The number of fused-ring (bicyclic) bond motifs is 1. The maximum Gasteiger partial charge on any atom is 0.258 e. The second-order valence-corrected chi connectivity index (χ2v) is 13.2. The largest absolute Gasteiger partial charge is 0.508 e. The van der Waals surface area contributed by atoms with E-state index >= 15 is 0 Å². The van der Waals surface area contributed by atoms with Gasteiger partial charge in [-0.15, -0.1) is 11.8 Å². The van der Waals surface area contributed by atoms with E-state index in [9.17, 15) is 29.7 Å². The first-order valence-corrected chi connectivity index (χ1v) is 15.5. The van der Waals surface area contributed by atoms with Gasteiger partial charge in [0.15, 0.2) is 12.7 Å². The molecule has 2 aliphatic rings. The lowest BCUT2D eigenvalue weighted by Gasteiger charge is -2.34. The minimum atomic E-state index is -1.66. The second kappa shape index (κ2) is 13.3. The maximum atomic E-state index is 13.9. The number of carbonyl (C=O) groups is 3. The Morgan fingerprint density at radius 2 is 1.77 bits per heavy atom. The second-order valence-electron chi connectivity index (χ2n) is 11.6. The Bertz CT molecular complexity index is 1500. The molecule has 1 aliphatic carbocycles. The molecule has 5 rings (SSSR count). The van der Waals surface area contributed by atoms with Crippen LogP contribution in [0.3, 0.4) is 0 Å². The van der Waals surface area contributed by atoms with Crippen LogP contribution in [0.5, 0.6) is 11.5 Å². The van der Waals surface area contributed by atoms with Gasteiger partial charge < -0.3 is 35.6 Å². The normalized spacial score (nSPS) is 21.6. The van der Waals surface area contributed by atoms with E-state index in [1.807, 2.05) is 68.4 Å². The van der Waals surface area contributed by atoms with Crippen LogP contribution >= 0.6 is 11.8 Å². The summed E-state index contributed by atoms with van der Waals surface area (Å²) < 4.78 is 4.80. The molecule has 0 spiro atoms. The van der Waals surface area contributed by atoms with Crippen molar-refractivity contribution < 1.29 is 34.4 Å². The predicted octanol–water partition coefficient (Wildman–Crippen LogP) is 2.31. The highest BCUT2D eigenvalue weighted by Crippen LogP contribution is 2.41. The summed E-state index contributed by atoms with van der Waals surface area (Å²) in [5.41, 5.74) is 2.59. The number of aromatic hydroxyl groups is 1. The highest BCUT2D eigenvalue weighted by molar-refractivity contribution is 8.00. The van der Waals surface area contributed by atoms with Crippen LogP contribution < -0.4 is 15.4 Å². The van der Waals surface area contributed by atoms with Gasteiger partial charge in [0.05, 0.1) is 24.1 Å². The van der Waals surface area contributed by atoms with E-state index in [0.29, 0.717) is 6.42 Å². The lowest BCUT2D eigenvalue weighted by molar-refractivity contribution is -0.148. The van der Waals surface area contributed by atoms with Gasteiger partial charge in [0.25, 0.3) is 11.8 Å². The molecule has 3 amide bonds. The van der Waals surface area contributed by atoms with Gasteiger partial charge in [-0.25, -0.2) is 0 Å². The van der Waals surface area contributed by atoms with Crippen LogP contribution in [0.15, 0.2) is 78.9 Å². The third-order valence-electron chi connectivity index (χ3n) is 8.05. The summed E-state index contributed by atoms with van der Waals surface area (Å²) in [4.78, 5) is 42.0. The minimum Gasteiger partial charge on any atom is -0.508 e. The molecule has 0 aromatic heterocycles. The van der Waals surface area contributed by atoms with Gasteiger partial charge in [0.2, 0.25) is 5.91 Å². The fraction of sp³-hybridized carbons (Fsp3) is 0.364. The zero-order valence-corrected chi connectivity index (χ0v) is 25.4. The summed E-state index contributed by atoms with van der Waals surface area (Å²) in [6.07, 6.45) is -1.89. The van der Waals surface area contributed by atoms with E-state index < -0.39 is 59.4 Å². The predicted molar refractivity (Wildman–Crippen MR) is 166 cm³/mol. The number of hydrogen-bond acceptors (Lipinski definition) is 8. The van der Waals surface area contributed by atoms with Crippen molar-refractivity contribution in [2.24, 2.45) is 0 Å². The number of rotatable bonds is 10. The van der Waals surface area contributed by atoms with Crippen LogP contribution in [0.1, 0.15) is 36.6 Å². The van der Waals surface area contributed by atoms with Crippen LogP contribution in [0.4, 0.5) is 0 Å². The number of ether oxygens (including phenoxy) is 1. The number of carbonyl (C=O) groups excluding carboxylic acids is 3. The number of amides is 3. The average Bonchev–Trinajstić information content (AvgIpc) is 3.50. The fourth-order valence-electron chi connectivity index (χ4n) is 5.82. The molecule has 0 bridgehead atoms. The molecule has 11 heteroatoms. The molecule has 44 heavy (non-hydrogen) atoms. The molecule has 10 nitrogen and oxygen atoms in total. The summed E-state index contributed by atoms with van der Waals surface area (Å²) in [6.45, 7) is 3.32. The van der Waals surface area contributed by atoms with Crippen molar-refractivity contribution in [2.45, 2.75) is 61.8 Å². The Morgan fingerprint density at radius 3 is 2.52 bits per heavy atom. The summed E-state index contributed by atoms with van der Waals surface area (Å²) in [6, 6.07) is 20.1. The summed E-state index contributed by atoms with van der Waals surface area (Å²) in [7, 11) is 0. The minimum absolute atomic E-state index is 0.0115. The monoisotopic (exact) mass is 619 g/mol. The lowest BCUT2D eigenvalue weighted by Crippen LogP contribution is -2.59. The van der Waals surface area contributed by atoms with Gasteiger partial charge in [-0.2, -0.15) is 0 Å². The molecule has 0 unspecified atom stereocenters. The van der Waals surface area contributed by atoms with Crippen LogP contribution in [-0.2, 0) is 27.2 Å². The molecule has 1 aliphatic heterocycles. The van der Waals surface area contributed by atoms with Crippen molar-refractivity contribution in [3.8, 4) is 11.5 Å². The maximum absolute atomic E-state index is 13.9. The Hall–Kier alpha value is -4.06. The quantitative estimate of drug-likeness (QED) is 0.232. The Kier molecular flexibility index (Phi) is 9.48. The highest BCUT2D eigenvalue weighted by Gasteiger charge is 2.50. The van der Waals surface area contributed by atoms with Gasteiger partial charge in [0.1, 0.15) is 17.5 Å². The van der Waals surface area contributed by atoms with Crippen LogP contribution in [0.25, 0.3) is 0 Å². The molecule has 3 aromatic carbocycles. The summed E-state index contributed by atoms with van der Waals surface area (Å²) >= 11 is 1.41. The topological polar surface area (TPSA) is 148 Å². The van der Waals surface area contributed by atoms with Gasteiger partial charge >= 0.3 is 0 Å². The van der Waals surface area contributed by atoms with Crippen molar-refractivity contribution >= 4 is 29.5 Å². The summed E-state index contributed by atoms with van der Waals surface area (Å²) in [5.74, 6) is -1.24. The van der Waals surface area contributed by atoms with Crippen molar-refractivity contribution in [3.05, 3.63) is 95.6 Å². The number of nitrogens with one attached hydrogen (secondary N) is 2. The molecular weight excluding hydrogens is 582 g/mol. The van der Waals surface area contributed by atoms with Crippen LogP contribution in [-0.4, -0.2) is 79.5 Å². The molecular formula is C33H37N3O7S. The Morgan fingerprint density at radius 1 is 1.05 bits per heavy atom. The smallest absolute Gasteiger partial charge is 0.258 e. The number of hydrogen-bond donors (Lipinski definition) is 5. The van der Waals surface area contributed by atoms with E-state index in [-0.39, 0.29) is 23.8 Å². The van der Waals surface area contributed by atoms with Gasteiger partial charge in [-0.3, -0.25) is 14.4 Å². The van der Waals surface area contributed by atoms with E-state index in [4.69, 9.17) is 4.74 Å². The lowest BCUT2D eigenvalue weighted by atomic mass is 9.96. The molecule has 5 atom stereocenters. The molecule has 232 valence electrons. The molecule has 0 saturated carbocycles. The van der Waals surface area contributed by atoms with E-state index in [0.717, 1.165) is 16.7 Å². The highest BCUT2D eigenvalue weighted by atomic mass is 32.2. The van der Waals surface area contributed by atoms with E-state index in [1.54, 1.807) is 12.1 Å². The Labute approximate surface area is 260 Å². The third kappa shape index (κ3) is 7.01. The van der Waals surface area contributed by atoms with E-state index in [2.05, 4.69) is 10.6 Å². The first kappa shape index (κ1) is 31.4. The van der Waals surface area contributed by atoms with Crippen LogP contribution in [0, 0.1) is 0 Å². The number of thioether (sulfide) groups is 1. The number of nitrogens with zero attached hydrogens (tertiary/aromatic N) is 1. The third-order valence-corrected chi connectivity index (χ3v) is 9.42. The average molecular weight is 620 g/mol. The van der Waals surface area contributed by atoms with Gasteiger partial charge in [-0.05, 0) is 49.1 Å². The van der Waals surface area contributed by atoms with E-state index in [1.165, 1.54) is 28.8 Å². The number of aliphatic hydroxyl groups excluding tert-OH is 2. The summed E-state index contributed by atoms with van der Waals surface area (Å²) in [5, 5.41) is 37.5. The molecule has 0 radical (unpaired) electrons. The zero-order valence-electron chi connectivity index (χ0n) is 24.6. The molecule has 1 saturated heterocycles. The van der Waals surface area contributed by atoms with Gasteiger partial charge in [0, 0.05) is 17.2 Å². The van der Waals surface area contributed by atoms with Crippen molar-refractivity contribution in [3.63, 3.8) is 0 Å². The standard InChI is InChI=1S/C33H37N3O7S/c1-33(2)30(31(41)35-28-24-14-7-6-11-21(24)16-26(28)38)36(19-44-33)32(42)29(40)25(15-20-9-4-3-5-10-20)34-27(39)18-43-23-13-8-12-22(37)17-23/h3-14,17,25-26,28-30,37-38,40H,15-16,18-19H2,1-2H3,(H,34,39)(H,35,41)/t25-,26+,28-,29-,30+/m0/s1. The SMILES string of the molecule is CC1(C)SCN(C(=O)[C@@H](O)[C@H](Cc2ccccc2)NC(=O)COc2cccc(O)c2)[C@@H]1C(=O)N[C@H]1c2ccccc2C[C@H]1O. The molecule has 1 fully saturated rings. The first-order chi connectivity index (χ1) is 21.0. The van der Waals surface area contributed by atoms with Crippen molar-refractivity contribution in [1.82, 2.24) is 15.5 Å².